The van der Waals surface area contributed by atoms with Crippen molar-refractivity contribution in [2.45, 2.75) is 46.5 Å². The molecule has 0 bridgehead atoms. The summed E-state index contributed by atoms with van der Waals surface area (Å²) in [5, 5.41) is 8.53. The van der Waals surface area contributed by atoms with E-state index in [2.05, 4.69) is 6.07 Å². The highest BCUT2D eigenvalue weighted by atomic mass is 16.5. The number of esters is 1. The van der Waals surface area contributed by atoms with Crippen LogP contribution in [0.5, 0.6) is 0 Å². The van der Waals surface area contributed by atoms with E-state index in [4.69, 9.17) is 10.00 Å². The fourth-order valence-electron chi connectivity index (χ4n) is 1.57. The molecule has 3 heteroatoms. The van der Waals surface area contributed by atoms with Crippen LogP contribution in [0.25, 0.3) is 0 Å². The molecule has 0 unspecified atom stereocenters. The summed E-state index contributed by atoms with van der Waals surface area (Å²) in [5.41, 5.74) is -0.439. The summed E-state index contributed by atoms with van der Waals surface area (Å²) in [6, 6.07) is 2.08. The maximum atomic E-state index is 11.7. The predicted octanol–water partition coefficient (Wildman–Crippen LogP) is 2.66. The molecular weight excluding hydrogens is 178 g/mol. The fourth-order valence-corrected chi connectivity index (χ4v) is 1.57. The zero-order valence-corrected chi connectivity index (χ0v) is 9.30. The van der Waals surface area contributed by atoms with E-state index in [9.17, 15) is 4.79 Å². The summed E-state index contributed by atoms with van der Waals surface area (Å²) in [6.07, 6.45) is 2.50. The molecule has 0 saturated carbocycles. The van der Waals surface area contributed by atoms with E-state index in [1.807, 2.05) is 13.8 Å². The van der Waals surface area contributed by atoms with Crippen molar-refractivity contribution >= 4 is 5.97 Å². The van der Waals surface area contributed by atoms with Crippen molar-refractivity contribution in [1.29, 1.82) is 5.26 Å². The molecule has 0 saturated heterocycles. The molecule has 0 atom stereocenters. The zero-order chi connectivity index (χ0) is 11.0. The second kappa shape index (κ2) is 6.42. The zero-order valence-electron chi connectivity index (χ0n) is 9.30. The number of ether oxygens (including phenoxy) is 1. The molecule has 14 heavy (non-hydrogen) atoms. The molecule has 0 aliphatic carbocycles. The van der Waals surface area contributed by atoms with Crippen molar-refractivity contribution in [3.05, 3.63) is 0 Å². The Morgan fingerprint density at radius 2 is 1.93 bits per heavy atom. The van der Waals surface area contributed by atoms with Gasteiger partial charge in [0.15, 0.2) is 0 Å². The molecule has 0 rings (SSSR count). The Morgan fingerprint density at radius 3 is 2.29 bits per heavy atom. The highest BCUT2D eigenvalue weighted by Crippen LogP contribution is 2.33. The molecular formula is C11H19NO2. The lowest BCUT2D eigenvalue weighted by Gasteiger charge is -2.27. The van der Waals surface area contributed by atoms with E-state index in [0.29, 0.717) is 19.4 Å². The quantitative estimate of drug-likeness (QED) is 0.615. The topological polar surface area (TPSA) is 50.1 Å². The molecule has 0 fully saturated rings. The first-order valence-electron chi connectivity index (χ1n) is 5.21. The number of carbonyl (C=O) groups excluding carboxylic acids is 1. The van der Waals surface area contributed by atoms with Gasteiger partial charge in [-0.15, -0.1) is 0 Å². The van der Waals surface area contributed by atoms with Crippen LogP contribution in [0.2, 0.25) is 0 Å². The summed E-state index contributed by atoms with van der Waals surface area (Å²) in [7, 11) is 0. The van der Waals surface area contributed by atoms with Crippen LogP contribution in [0.1, 0.15) is 46.5 Å². The second-order valence-corrected chi connectivity index (χ2v) is 3.37. The average molecular weight is 197 g/mol. The maximum absolute atomic E-state index is 11.7. The van der Waals surface area contributed by atoms with Gasteiger partial charge in [-0.3, -0.25) is 4.79 Å². The molecule has 0 heterocycles. The average Bonchev–Trinajstić information content (AvgIpc) is 2.21. The van der Waals surface area contributed by atoms with E-state index in [-0.39, 0.29) is 5.97 Å². The van der Waals surface area contributed by atoms with Gasteiger partial charge < -0.3 is 4.74 Å². The molecule has 0 radical (unpaired) electrons. The van der Waals surface area contributed by atoms with Gasteiger partial charge in [-0.25, -0.2) is 0 Å². The van der Waals surface area contributed by atoms with Crippen LogP contribution in [-0.2, 0) is 9.53 Å². The minimum Gasteiger partial charge on any atom is -0.466 e. The summed E-state index contributed by atoms with van der Waals surface area (Å²) >= 11 is 0. The highest BCUT2D eigenvalue weighted by molar-refractivity contribution is 5.76. The van der Waals surface area contributed by atoms with E-state index in [1.54, 1.807) is 6.92 Å². The van der Waals surface area contributed by atoms with Crippen LogP contribution >= 0.6 is 0 Å². The van der Waals surface area contributed by atoms with Crippen molar-refractivity contribution in [3.8, 4) is 6.07 Å². The lowest BCUT2D eigenvalue weighted by Crippen LogP contribution is -2.31. The minimum absolute atomic E-state index is 0.153. The monoisotopic (exact) mass is 197 g/mol. The molecule has 0 spiro atoms. The van der Waals surface area contributed by atoms with Gasteiger partial charge >= 0.3 is 5.97 Å². The summed E-state index contributed by atoms with van der Waals surface area (Å²) in [4.78, 5) is 11.7. The molecule has 0 N–H and O–H groups in total. The number of hydrogen-bond donors (Lipinski definition) is 0. The molecule has 0 aromatic carbocycles. The first-order valence-corrected chi connectivity index (χ1v) is 5.21. The van der Waals surface area contributed by atoms with E-state index >= 15 is 0 Å². The lowest BCUT2D eigenvalue weighted by atomic mass is 9.78. The van der Waals surface area contributed by atoms with Gasteiger partial charge in [0.1, 0.15) is 0 Å². The van der Waals surface area contributed by atoms with Crippen LogP contribution in [0.15, 0.2) is 0 Å². The largest absolute Gasteiger partial charge is 0.466 e. The SMILES string of the molecule is CCOC(=O)C(CC)(CC)CCC#N. The molecule has 0 aromatic heterocycles. The van der Waals surface area contributed by atoms with Crippen LogP contribution in [0.4, 0.5) is 0 Å². The van der Waals surface area contributed by atoms with Crippen molar-refractivity contribution in [3.63, 3.8) is 0 Å². The van der Waals surface area contributed by atoms with Gasteiger partial charge in [0.2, 0.25) is 0 Å². The van der Waals surface area contributed by atoms with E-state index in [1.165, 1.54) is 0 Å². The van der Waals surface area contributed by atoms with Crippen LogP contribution in [-0.4, -0.2) is 12.6 Å². The number of nitrogens with zero attached hydrogens (tertiary/aromatic N) is 1. The third kappa shape index (κ3) is 3.02. The van der Waals surface area contributed by atoms with Gasteiger partial charge in [-0.05, 0) is 26.2 Å². The smallest absolute Gasteiger partial charge is 0.312 e. The minimum atomic E-state index is -0.439. The standard InChI is InChI=1S/C11H19NO2/c1-4-11(5-2,8-7-9-12)10(13)14-6-3/h4-8H2,1-3H3. The molecule has 0 amide bonds. The van der Waals surface area contributed by atoms with E-state index in [0.717, 1.165) is 12.8 Å². The second-order valence-electron chi connectivity index (χ2n) is 3.37. The van der Waals surface area contributed by atoms with Crippen LogP contribution in [0.3, 0.4) is 0 Å². The Kier molecular flexibility index (Phi) is 5.94. The highest BCUT2D eigenvalue weighted by Gasteiger charge is 2.35. The van der Waals surface area contributed by atoms with Gasteiger partial charge in [-0.1, -0.05) is 13.8 Å². The van der Waals surface area contributed by atoms with Crippen molar-refractivity contribution in [2.24, 2.45) is 5.41 Å². The van der Waals surface area contributed by atoms with Crippen LogP contribution in [0, 0.1) is 16.7 Å². The van der Waals surface area contributed by atoms with Gasteiger partial charge in [0.05, 0.1) is 18.1 Å². The van der Waals surface area contributed by atoms with E-state index < -0.39 is 5.41 Å². The summed E-state index contributed by atoms with van der Waals surface area (Å²) in [6.45, 7) is 6.15. The number of nitriles is 1. The molecule has 3 nitrogen and oxygen atoms in total. The normalized spacial score (nSPS) is 10.7. The Balaban J connectivity index is 4.52. The number of rotatable bonds is 6. The van der Waals surface area contributed by atoms with Gasteiger partial charge in [-0.2, -0.15) is 5.26 Å². The Bertz CT molecular complexity index is 214. The Labute approximate surface area is 86.1 Å². The van der Waals surface area contributed by atoms with Gasteiger partial charge in [0, 0.05) is 6.42 Å². The maximum Gasteiger partial charge on any atom is 0.312 e. The summed E-state index contributed by atoms with van der Waals surface area (Å²) in [5.74, 6) is -0.153. The molecule has 0 aliphatic heterocycles. The Morgan fingerprint density at radius 1 is 1.36 bits per heavy atom. The predicted molar refractivity (Wildman–Crippen MR) is 54.5 cm³/mol. The number of hydrogen-bond acceptors (Lipinski definition) is 3. The Hall–Kier alpha value is -1.04. The van der Waals surface area contributed by atoms with Crippen LogP contribution < -0.4 is 0 Å². The van der Waals surface area contributed by atoms with Gasteiger partial charge in [0.25, 0.3) is 0 Å². The molecule has 0 aliphatic rings. The third-order valence-corrected chi connectivity index (χ3v) is 2.78. The number of carbonyl (C=O) groups is 1. The first kappa shape index (κ1) is 13.0. The lowest BCUT2D eigenvalue weighted by molar-refractivity contribution is -0.156. The molecule has 0 aromatic rings. The fraction of sp³-hybridized carbons (Fsp3) is 0.818. The van der Waals surface area contributed by atoms with Crippen molar-refractivity contribution in [1.82, 2.24) is 0 Å². The summed E-state index contributed by atoms with van der Waals surface area (Å²) < 4.78 is 5.04. The van der Waals surface area contributed by atoms with Crippen molar-refractivity contribution in [2.75, 3.05) is 6.61 Å². The van der Waals surface area contributed by atoms with Crippen molar-refractivity contribution < 1.29 is 9.53 Å². The third-order valence-electron chi connectivity index (χ3n) is 2.78. The molecule has 80 valence electrons. The first-order chi connectivity index (χ1) is 6.66.